The molecular weight excluding hydrogens is 572 g/mol. The maximum Gasteiger partial charge on any atom is 0.309 e. The zero-order valence-corrected chi connectivity index (χ0v) is 28.5. The Kier molecular flexibility index (Phi) is 18.5. The molecule has 3 heterocycles. The molecule has 0 bridgehead atoms. The van der Waals surface area contributed by atoms with Gasteiger partial charge in [-0.1, -0.05) is 84.0 Å². The molecule has 0 radical (unpaired) electrons. The van der Waals surface area contributed by atoms with Gasteiger partial charge in [0, 0.05) is 6.42 Å². The second-order valence-electron chi connectivity index (χ2n) is 14.4. The van der Waals surface area contributed by atoms with E-state index in [2.05, 4.69) is 6.92 Å². The summed E-state index contributed by atoms with van der Waals surface area (Å²) in [6.07, 6.45) is 21.5. The molecule has 8 heteroatoms. The Morgan fingerprint density at radius 3 is 1.76 bits per heavy atom. The van der Waals surface area contributed by atoms with Crippen molar-refractivity contribution in [2.45, 2.75) is 217 Å². The number of ketones is 1. The highest BCUT2D eigenvalue weighted by Crippen LogP contribution is 2.31. The Balaban J connectivity index is 1.16. The molecule has 3 aliphatic rings. The smallest absolute Gasteiger partial charge is 0.309 e. The van der Waals surface area contributed by atoms with Crippen molar-refractivity contribution >= 4 is 11.8 Å². The molecule has 3 rings (SSSR count). The van der Waals surface area contributed by atoms with Crippen LogP contribution in [0.3, 0.4) is 0 Å². The fraction of sp³-hybridized carbons (Fsp3) is 0.946. The fourth-order valence-electron chi connectivity index (χ4n) is 7.56. The first-order chi connectivity index (χ1) is 21.8. The maximum absolute atomic E-state index is 11.9. The van der Waals surface area contributed by atoms with E-state index in [4.69, 9.17) is 14.2 Å². The van der Waals surface area contributed by atoms with E-state index in [1.54, 1.807) is 0 Å². The first-order valence-electron chi connectivity index (χ1n) is 18.8. The van der Waals surface area contributed by atoms with Gasteiger partial charge in [0.2, 0.25) is 0 Å². The summed E-state index contributed by atoms with van der Waals surface area (Å²) in [4.78, 5) is 23.2. The van der Waals surface area contributed by atoms with Crippen molar-refractivity contribution in [1.82, 2.24) is 0 Å². The highest BCUT2D eigenvalue weighted by atomic mass is 16.6. The predicted molar refractivity (Wildman–Crippen MR) is 176 cm³/mol. The van der Waals surface area contributed by atoms with E-state index in [1.165, 1.54) is 45.4 Å². The average Bonchev–Trinajstić information content (AvgIpc) is 3.77. The summed E-state index contributed by atoms with van der Waals surface area (Å²) in [6.45, 7) is 3.77. The van der Waals surface area contributed by atoms with Gasteiger partial charge in [-0.25, -0.2) is 0 Å². The van der Waals surface area contributed by atoms with Crippen molar-refractivity contribution in [2.24, 2.45) is 5.92 Å². The van der Waals surface area contributed by atoms with Crippen LogP contribution in [0.4, 0.5) is 0 Å². The fourth-order valence-corrected chi connectivity index (χ4v) is 7.56. The number of rotatable bonds is 25. The zero-order chi connectivity index (χ0) is 32.4. The van der Waals surface area contributed by atoms with Crippen LogP contribution >= 0.6 is 0 Å². The number of Topliss-reactive ketones (excluding diaryl/α,β-unsaturated/α-hetero) is 1. The number of carbonyl (C=O) groups is 2. The maximum atomic E-state index is 11.9. The number of hydrogen-bond acceptors (Lipinski definition) is 8. The van der Waals surface area contributed by atoms with Gasteiger partial charge in [-0.15, -0.1) is 0 Å². The molecule has 0 aromatic carbocycles. The SMILES string of the molecule is CCCCCCCCCC[C@@H](O)[C@@H]1CC[C@@H]([C@@H](O)CC[C@H](O)[C@@H]2CC[C@@H](CCCCCCC[C@H]3CC(CC(C)=O)C(=O)O3)O2)O1. The highest BCUT2D eigenvalue weighted by molar-refractivity contribution is 5.83. The van der Waals surface area contributed by atoms with E-state index in [0.29, 0.717) is 25.7 Å². The van der Waals surface area contributed by atoms with Crippen LogP contribution in [0.25, 0.3) is 0 Å². The van der Waals surface area contributed by atoms with E-state index in [9.17, 15) is 24.9 Å². The lowest BCUT2D eigenvalue weighted by atomic mass is 9.96. The summed E-state index contributed by atoms with van der Waals surface area (Å²) in [5.74, 6) is -0.398. The minimum Gasteiger partial charge on any atom is -0.462 e. The molecule has 0 saturated carbocycles. The number of cyclic esters (lactones) is 1. The lowest BCUT2D eigenvalue weighted by molar-refractivity contribution is -0.145. The van der Waals surface area contributed by atoms with E-state index in [-0.39, 0.29) is 48.2 Å². The van der Waals surface area contributed by atoms with Crippen molar-refractivity contribution in [3.8, 4) is 0 Å². The number of hydrogen-bond donors (Lipinski definition) is 3. The summed E-state index contributed by atoms with van der Waals surface area (Å²) in [6, 6.07) is 0. The van der Waals surface area contributed by atoms with Crippen LogP contribution < -0.4 is 0 Å². The lowest BCUT2D eigenvalue weighted by Gasteiger charge is -2.24. The topological polar surface area (TPSA) is 123 Å². The van der Waals surface area contributed by atoms with Gasteiger partial charge in [0.1, 0.15) is 11.9 Å². The minimum absolute atomic E-state index is 0.0249. The quantitative estimate of drug-likeness (QED) is 0.0714. The summed E-state index contributed by atoms with van der Waals surface area (Å²) in [7, 11) is 0. The van der Waals surface area contributed by atoms with Gasteiger partial charge in [-0.3, -0.25) is 4.79 Å². The van der Waals surface area contributed by atoms with Crippen LogP contribution in [0.1, 0.15) is 168 Å². The van der Waals surface area contributed by atoms with Crippen molar-refractivity contribution in [1.29, 1.82) is 0 Å². The third-order valence-corrected chi connectivity index (χ3v) is 10.4. The molecule has 8 nitrogen and oxygen atoms in total. The van der Waals surface area contributed by atoms with Gasteiger partial charge in [0.15, 0.2) is 0 Å². The number of aliphatic hydroxyl groups is 3. The molecule has 3 saturated heterocycles. The molecular formula is C37H66O8. The molecule has 9 atom stereocenters. The number of esters is 1. The highest BCUT2D eigenvalue weighted by Gasteiger charge is 2.36. The van der Waals surface area contributed by atoms with Crippen LogP contribution in [0.5, 0.6) is 0 Å². The standard InChI is InChI=1S/C37H66O8/c1-3-4-5-6-7-8-12-15-18-31(39)35-23-24-36(45-35)33(41)21-20-32(40)34-22-19-29(43-34)16-13-10-9-11-14-17-30-26-28(25-27(2)38)37(42)44-30/h28-36,39-41H,3-26H2,1-2H3/t28?,29-,30+,31-,32+,33+,34+,35+,36+/m1/s1. The first-order valence-corrected chi connectivity index (χ1v) is 18.8. The monoisotopic (exact) mass is 638 g/mol. The normalized spacial score (nSPS) is 28.8. The van der Waals surface area contributed by atoms with Crippen LogP contribution in [0, 0.1) is 5.92 Å². The van der Waals surface area contributed by atoms with Crippen molar-refractivity contribution in [3.05, 3.63) is 0 Å². The minimum atomic E-state index is -0.625. The predicted octanol–water partition coefficient (Wildman–Crippen LogP) is 7.12. The molecule has 3 fully saturated rings. The van der Waals surface area contributed by atoms with Gasteiger partial charge in [-0.05, 0) is 77.6 Å². The molecule has 1 unspecified atom stereocenters. The van der Waals surface area contributed by atoms with Crippen molar-refractivity contribution in [2.75, 3.05) is 0 Å². The number of aliphatic hydroxyl groups excluding tert-OH is 3. The first kappa shape index (κ1) is 38.4. The molecule has 3 aliphatic heterocycles. The average molecular weight is 639 g/mol. The Morgan fingerprint density at radius 1 is 0.667 bits per heavy atom. The largest absolute Gasteiger partial charge is 0.462 e. The zero-order valence-electron chi connectivity index (χ0n) is 28.5. The second kappa shape index (κ2) is 21.7. The van der Waals surface area contributed by atoms with Gasteiger partial charge < -0.3 is 34.3 Å². The van der Waals surface area contributed by atoms with Gasteiger partial charge >= 0.3 is 5.97 Å². The third kappa shape index (κ3) is 14.7. The number of ether oxygens (including phenoxy) is 3. The van der Waals surface area contributed by atoms with E-state index < -0.39 is 18.3 Å². The Labute approximate surface area is 273 Å². The Hall–Kier alpha value is -1.06. The molecule has 0 aliphatic carbocycles. The molecule has 45 heavy (non-hydrogen) atoms. The van der Waals surface area contributed by atoms with E-state index in [0.717, 1.165) is 89.9 Å². The van der Waals surface area contributed by atoms with Gasteiger partial charge in [0.05, 0.1) is 48.6 Å². The van der Waals surface area contributed by atoms with E-state index in [1.807, 2.05) is 0 Å². The third-order valence-electron chi connectivity index (χ3n) is 10.4. The molecule has 0 aromatic rings. The second-order valence-corrected chi connectivity index (χ2v) is 14.4. The Bertz CT molecular complexity index is 820. The van der Waals surface area contributed by atoms with Crippen LogP contribution in [0.2, 0.25) is 0 Å². The summed E-state index contributed by atoms with van der Waals surface area (Å²) < 4.78 is 17.7. The Morgan fingerprint density at radius 2 is 1.16 bits per heavy atom. The van der Waals surface area contributed by atoms with Gasteiger partial charge in [-0.2, -0.15) is 0 Å². The molecule has 262 valence electrons. The van der Waals surface area contributed by atoms with Crippen LogP contribution in [-0.4, -0.2) is 75.9 Å². The van der Waals surface area contributed by atoms with E-state index >= 15 is 0 Å². The molecule has 3 N–H and O–H groups in total. The van der Waals surface area contributed by atoms with Crippen LogP contribution in [-0.2, 0) is 23.8 Å². The van der Waals surface area contributed by atoms with Gasteiger partial charge in [0.25, 0.3) is 0 Å². The number of unbranched alkanes of at least 4 members (excludes halogenated alkanes) is 11. The molecule has 0 amide bonds. The lowest BCUT2D eigenvalue weighted by Crippen LogP contribution is -2.33. The van der Waals surface area contributed by atoms with Crippen molar-refractivity contribution in [3.63, 3.8) is 0 Å². The summed E-state index contributed by atoms with van der Waals surface area (Å²) in [5, 5.41) is 32.1. The van der Waals surface area contributed by atoms with Crippen molar-refractivity contribution < 1.29 is 39.1 Å². The van der Waals surface area contributed by atoms with Crippen LogP contribution in [0.15, 0.2) is 0 Å². The number of carbonyl (C=O) groups excluding carboxylic acids is 2. The molecule has 0 spiro atoms. The summed E-state index contributed by atoms with van der Waals surface area (Å²) in [5.41, 5.74) is 0. The molecule has 0 aromatic heterocycles. The summed E-state index contributed by atoms with van der Waals surface area (Å²) >= 11 is 0.